The van der Waals surface area contributed by atoms with E-state index in [-0.39, 0.29) is 5.69 Å². The minimum absolute atomic E-state index is 0.0219. The second kappa shape index (κ2) is 4.15. The van der Waals surface area contributed by atoms with Gasteiger partial charge >= 0.3 is 0 Å². The van der Waals surface area contributed by atoms with Crippen molar-refractivity contribution in [2.45, 2.75) is 13.0 Å². The molecule has 4 nitrogen and oxygen atoms in total. The second-order valence-corrected chi connectivity index (χ2v) is 3.06. The molecule has 1 aromatic carbocycles. The van der Waals surface area contributed by atoms with E-state index >= 15 is 0 Å². The van der Waals surface area contributed by atoms with Crippen LogP contribution in [0.2, 0.25) is 0 Å². The number of aryl methyl sites for hydroxylation is 1. The van der Waals surface area contributed by atoms with Crippen molar-refractivity contribution in [3.63, 3.8) is 0 Å². The van der Waals surface area contributed by atoms with Crippen molar-refractivity contribution in [2.24, 2.45) is 5.73 Å². The first-order valence-corrected chi connectivity index (χ1v) is 4.12. The summed E-state index contributed by atoms with van der Waals surface area (Å²) in [7, 11) is 0. The smallest absolute Gasteiger partial charge is 0.272 e. The molecule has 1 aromatic rings. The van der Waals surface area contributed by atoms with Crippen LogP contribution in [0.15, 0.2) is 18.2 Å². The monoisotopic (exact) mass is 198 g/mol. The van der Waals surface area contributed by atoms with Crippen LogP contribution in [0.1, 0.15) is 17.2 Å². The molecule has 0 unspecified atom stereocenters. The predicted molar refractivity (Wildman–Crippen MR) is 50.7 cm³/mol. The number of halogens is 1. The number of hydrogen-bond donors (Lipinski definition) is 1. The Bertz CT molecular complexity index is 355. The quantitative estimate of drug-likeness (QED) is 0.595. The molecule has 0 heterocycles. The Morgan fingerprint density at radius 2 is 2.29 bits per heavy atom. The number of benzene rings is 1. The Hall–Kier alpha value is -1.49. The van der Waals surface area contributed by atoms with Gasteiger partial charge in [-0.1, -0.05) is 12.1 Å². The maximum Gasteiger partial charge on any atom is 0.272 e. The molecule has 0 amide bonds. The lowest BCUT2D eigenvalue weighted by atomic mass is 10.1. The van der Waals surface area contributed by atoms with E-state index < -0.39 is 17.6 Å². The highest BCUT2D eigenvalue weighted by atomic mass is 19.1. The molecule has 0 aliphatic rings. The summed E-state index contributed by atoms with van der Waals surface area (Å²) in [4.78, 5) is 10.1. The number of nitrogens with zero attached hydrogens (tertiary/aromatic N) is 1. The third-order valence-electron chi connectivity index (χ3n) is 2.02. The van der Waals surface area contributed by atoms with Gasteiger partial charge < -0.3 is 5.73 Å². The fraction of sp³-hybridized carbons (Fsp3) is 0.333. The third-order valence-corrected chi connectivity index (χ3v) is 2.02. The number of nitro benzene ring substituents is 1. The molecule has 14 heavy (non-hydrogen) atoms. The third kappa shape index (κ3) is 2.05. The van der Waals surface area contributed by atoms with Crippen molar-refractivity contribution in [1.82, 2.24) is 0 Å². The number of nitro groups is 1. The Balaban J connectivity index is 3.12. The zero-order valence-electron chi connectivity index (χ0n) is 7.74. The maximum atomic E-state index is 12.2. The molecule has 0 spiro atoms. The Morgan fingerprint density at radius 3 is 2.79 bits per heavy atom. The van der Waals surface area contributed by atoms with Crippen LogP contribution in [0.4, 0.5) is 10.1 Å². The maximum absolute atomic E-state index is 12.2. The molecule has 76 valence electrons. The largest absolute Gasteiger partial charge is 0.322 e. The Labute approximate surface area is 80.7 Å². The second-order valence-electron chi connectivity index (χ2n) is 3.06. The van der Waals surface area contributed by atoms with Crippen molar-refractivity contribution in [3.8, 4) is 0 Å². The topological polar surface area (TPSA) is 69.2 Å². The van der Waals surface area contributed by atoms with Crippen LogP contribution < -0.4 is 5.73 Å². The summed E-state index contributed by atoms with van der Waals surface area (Å²) in [6, 6.07) is 3.71. The van der Waals surface area contributed by atoms with Crippen LogP contribution in [-0.2, 0) is 0 Å². The zero-order valence-corrected chi connectivity index (χ0v) is 7.74. The molecule has 2 N–H and O–H groups in total. The molecule has 0 aromatic heterocycles. The van der Waals surface area contributed by atoms with E-state index in [0.717, 1.165) is 0 Å². The number of nitrogens with two attached hydrogens (primary N) is 1. The van der Waals surface area contributed by atoms with Gasteiger partial charge in [-0.25, -0.2) is 4.39 Å². The van der Waals surface area contributed by atoms with Gasteiger partial charge in [0, 0.05) is 11.6 Å². The summed E-state index contributed by atoms with van der Waals surface area (Å²) in [6.07, 6.45) is 0. The lowest BCUT2D eigenvalue weighted by Gasteiger charge is -2.07. The number of alkyl halides is 1. The van der Waals surface area contributed by atoms with Gasteiger partial charge in [0.05, 0.1) is 11.0 Å². The average Bonchev–Trinajstić information content (AvgIpc) is 2.17. The SMILES string of the molecule is Cc1ccc([C@H](N)CF)cc1[N+](=O)[O-]. The van der Waals surface area contributed by atoms with Crippen LogP contribution in [-0.4, -0.2) is 11.6 Å². The van der Waals surface area contributed by atoms with Gasteiger partial charge in [-0.2, -0.15) is 0 Å². The van der Waals surface area contributed by atoms with Crippen LogP contribution >= 0.6 is 0 Å². The summed E-state index contributed by atoms with van der Waals surface area (Å²) in [5, 5.41) is 10.6. The normalized spacial score (nSPS) is 12.5. The standard InChI is InChI=1S/C9H11FN2O2/c1-6-2-3-7(8(11)5-10)4-9(6)12(13)14/h2-4,8H,5,11H2,1H3/t8-/m1/s1. The van der Waals surface area contributed by atoms with Crippen molar-refractivity contribution in [1.29, 1.82) is 0 Å². The van der Waals surface area contributed by atoms with Gasteiger partial charge in [0.25, 0.3) is 5.69 Å². The zero-order chi connectivity index (χ0) is 10.7. The van der Waals surface area contributed by atoms with E-state index in [1.54, 1.807) is 19.1 Å². The average molecular weight is 198 g/mol. The van der Waals surface area contributed by atoms with Crippen molar-refractivity contribution in [3.05, 3.63) is 39.4 Å². The molecular formula is C9H11FN2O2. The molecule has 1 atom stereocenters. The molecule has 0 aliphatic carbocycles. The van der Waals surface area contributed by atoms with Gasteiger partial charge in [0.2, 0.25) is 0 Å². The van der Waals surface area contributed by atoms with Crippen molar-refractivity contribution >= 4 is 5.69 Å². The fourth-order valence-corrected chi connectivity index (χ4v) is 1.14. The number of hydrogen-bond acceptors (Lipinski definition) is 3. The summed E-state index contributed by atoms with van der Waals surface area (Å²) < 4.78 is 12.2. The molecule has 0 aliphatic heterocycles. The van der Waals surface area contributed by atoms with Crippen LogP contribution in [0.5, 0.6) is 0 Å². The molecule has 5 heteroatoms. The molecule has 1 rings (SSSR count). The van der Waals surface area contributed by atoms with Crippen LogP contribution in [0, 0.1) is 17.0 Å². The Kier molecular flexibility index (Phi) is 3.14. The van der Waals surface area contributed by atoms with Gasteiger partial charge in [0.15, 0.2) is 0 Å². The van der Waals surface area contributed by atoms with Crippen molar-refractivity contribution in [2.75, 3.05) is 6.67 Å². The summed E-state index contributed by atoms with van der Waals surface area (Å²) in [6.45, 7) is 0.906. The summed E-state index contributed by atoms with van der Waals surface area (Å²) >= 11 is 0. The first kappa shape index (κ1) is 10.6. The Morgan fingerprint density at radius 1 is 1.64 bits per heavy atom. The minimum atomic E-state index is -0.783. The lowest BCUT2D eigenvalue weighted by molar-refractivity contribution is -0.385. The van der Waals surface area contributed by atoms with E-state index in [4.69, 9.17) is 5.73 Å². The van der Waals surface area contributed by atoms with Crippen molar-refractivity contribution < 1.29 is 9.31 Å². The highest BCUT2D eigenvalue weighted by Crippen LogP contribution is 2.22. The first-order valence-electron chi connectivity index (χ1n) is 4.12. The number of rotatable bonds is 3. The minimum Gasteiger partial charge on any atom is -0.322 e. The highest BCUT2D eigenvalue weighted by Gasteiger charge is 2.14. The fourth-order valence-electron chi connectivity index (χ4n) is 1.14. The molecular weight excluding hydrogens is 187 g/mol. The predicted octanol–water partition coefficient (Wildman–Crippen LogP) is 1.87. The molecule has 0 fully saturated rings. The lowest BCUT2D eigenvalue weighted by Crippen LogP contribution is -2.12. The van der Waals surface area contributed by atoms with Gasteiger partial charge in [-0.15, -0.1) is 0 Å². The highest BCUT2D eigenvalue weighted by molar-refractivity contribution is 5.43. The van der Waals surface area contributed by atoms with Crippen LogP contribution in [0.3, 0.4) is 0 Å². The van der Waals surface area contributed by atoms with Gasteiger partial charge in [-0.05, 0) is 12.5 Å². The van der Waals surface area contributed by atoms with Gasteiger partial charge in [-0.3, -0.25) is 10.1 Å². The van der Waals surface area contributed by atoms with E-state index in [1.165, 1.54) is 6.07 Å². The van der Waals surface area contributed by atoms with Gasteiger partial charge in [0.1, 0.15) is 6.67 Å². The van der Waals surface area contributed by atoms with E-state index in [1.807, 2.05) is 0 Å². The van der Waals surface area contributed by atoms with Crippen LogP contribution in [0.25, 0.3) is 0 Å². The molecule has 0 radical (unpaired) electrons. The van der Waals surface area contributed by atoms with E-state index in [0.29, 0.717) is 11.1 Å². The van der Waals surface area contributed by atoms with E-state index in [2.05, 4.69) is 0 Å². The first-order chi connectivity index (χ1) is 6.56. The van der Waals surface area contributed by atoms with E-state index in [9.17, 15) is 14.5 Å². The summed E-state index contributed by atoms with van der Waals surface area (Å²) in [5.74, 6) is 0. The summed E-state index contributed by atoms with van der Waals surface area (Å²) in [5.41, 5.74) is 6.39. The molecule has 0 saturated carbocycles. The molecule has 0 saturated heterocycles. The molecule has 0 bridgehead atoms.